The monoisotopic (exact) mass is 351 g/mol. The number of nitrogens with one attached hydrogen (secondary N) is 1. The molecule has 24 heavy (non-hydrogen) atoms. The molecule has 126 valence electrons. The average molecular weight is 351 g/mol. The quantitative estimate of drug-likeness (QED) is 0.847. The van der Waals surface area contributed by atoms with Gasteiger partial charge in [-0.2, -0.15) is 13.2 Å². The smallest absolute Gasteiger partial charge is 0.349 e. The molecule has 7 heteroatoms. The Morgan fingerprint density at radius 2 is 1.79 bits per heavy atom. The molecule has 0 aromatic heterocycles. The highest BCUT2D eigenvalue weighted by molar-refractivity contribution is 7.80. The van der Waals surface area contributed by atoms with E-state index in [9.17, 15) is 13.2 Å². The van der Waals surface area contributed by atoms with Gasteiger partial charge >= 0.3 is 6.18 Å². The highest BCUT2D eigenvalue weighted by Crippen LogP contribution is 2.32. The fraction of sp³-hybridized carbons (Fsp3) is 0.235. The number of benzene rings is 2. The lowest BCUT2D eigenvalue weighted by Gasteiger charge is -2.38. The van der Waals surface area contributed by atoms with Gasteiger partial charge in [0.2, 0.25) is 0 Å². The minimum atomic E-state index is -4.37. The minimum Gasteiger partial charge on any atom is -0.349 e. The van der Waals surface area contributed by atoms with Crippen molar-refractivity contribution in [3.8, 4) is 0 Å². The van der Waals surface area contributed by atoms with Gasteiger partial charge in [-0.3, -0.25) is 4.90 Å². The van der Waals surface area contributed by atoms with Crippen LogP contribution in [-0.4, -0.2) is 23.3 Å². The Balaban J connectivity index is 1.78. The SMILES string of the molecule is FC(F)(F)c1cccc(N2CN(Cc3ccccc3)CNC2=S)c1. The van der Waals surface area contributed by atoms with E-state index in [0.29, 0.717) is 30.7 Å². The molecule has 1 fully saturated rings. The molecule has 0 radical (unpaired) electrons. The van der Waals surface area contributed by atoms with Gasteiger partial charge in [0, 0.05) is 12.2 Å². The Morgan fingerprint density at radius 3 is 2.50 bits per heavy atom. The molecular formula is C17H16F3N3S. The first-order valence-corrected chi connectivity index (χ1v) is 7.83. The van der Waals surface area contributed by atoms with Crippen molar-refractivity contribution in [1.82, 2.24) is 10.2 Å². The van der Waals surface area contributed by atoms with E-state index < -0.39 is 11.7 Å². The number of hydrogen-bond acceptors (Lipinski definition) is 2. The summed E-state index contributed by atoms with van der Waals surface area (Å²) in [6, 6.07) is 15.1. The molecule has 2 aromatic rings. The maximum absolute atomic E-state index is 12.9. The minimum absolute atomic E-state index is 0.429. The van der Waals surface area contributed by atoms with Gasteiger partial charge in [0.1, 0.15) is 0 Å². The number of anilines is 1. The summed E-state index contributed by atoms with van der Waals surface area (Å²) in [4.78, 5) is 3.75. The zero-order chi connectivity index (χ0) is 17.2. The van der Waals surface area contributed by atoms with Crippen molar-refractivity contribution >= 4 is 23.0 Å². The molecule has 0 saturated carbocycles. The second-order valence-corrected chi connectivity index (χ2v) is 5.96. The average Bonchev–Trinajstić information content (AvgIpc) is 2.57. The summed E-state index contributed by atoms with van der Waals surface area (Å²) in [7, 11) is 0. The maximum atomic E-state index is 12.9. The van der Waals surface area contributed by atoms with Crippen LogP contribution in [0.5, 0.6) is 0 Å². The summed E-state index contributed by atoms with van der Waals surface area (Å²) in [6.45, 7) is 1.68. The van der Waals surface area contributed by atoms with Crippen molar-refractivity contribution in [2.75, 3.05) is 18.2 Å². The Kier molecular flexibility index (Phi) is 4.73. The number of thiocarbonyl (C=S) groups is 1. The fourth-order valence-corrected chi connectivity index (χ4v) is 2.81. The van der Waals surface area contributed by atoms with Gasteiger partial charge in [0.15, 0.2) is 5.11 Å². The van der Waals surface area contributed by atoms with E-state index in [1.807, 2.05) is 30.3 Å². The van der Waals surface area contributed by atoms with Gasteiger partial charge in [-0.15, -0.1) is 0 Å². The Bertz CT molecular complexity index is 719. The van der Waals surface area contributed by atoms with Crippen molar-refractivity contribution in [2.45, 2.75) is 12.7 Å². The van der Waals surface area contributed by atoms with Crippen molar-refractivity contribution in [1.29, 1.82) is 0 Å². The van der Waals surface area contributed by atoms with E-state index in [1.165, 1.54) is 6.07 Å². The summed E-state index contributed by atoms with van der Waals surface area (Å²) in [5, 5.41) is 3.49. The Morgan fingerprint density at radius 1 is 1.04 bits per heavy atom. The van der Waals surface area contributed by atoms with Crippen molar-refractivity contribution in [3.05, 3.63) is 65.7 Å². The first-order chi connectivity index (χ1) is 11.4. The van der Waals surface area contributed by atoms with E-state index in [4.69, 9.17) is 12.2 Å². The summed E-state index contributed by atoms with van der Waals surface area (Å²) in [5.74, 6) is 0. The Hall–Kier alpha value is -2.12. The van der Waals surface area contributed by atoms with Crippen LogP contribution in [0.1, 0.15) is 11.1 Å². The second-order valence-electron chi connectivity index (χ2n) is 5.57. The first-order valence-electron chi connectivity index (χ1n) is 7.42. The van der Waals surface area contributed by atoms with Crippen molar-refractivity contribution in [2.24, 2.45) is 0 Å². The van der Waals surface area contributed by atoms with Crippen LogP contribution in [0, 0.1) is 0 Å². The molecule has 0 bridgehead atoms. The van der Waals surface area contributed by atoms with Crippen LogP contribution in [0.3, 0.4) is 0 Å². The molecule has 1 N–H and O–H groups in total. The molecule has 0 spiro atoms. The molecule has 0 unspecified atom stereocenters. The Labute approximate surface area is 143 Å². The highest BCUT2D eigenvalue weighted by Gasteiger charge is 2.31. The second kappa shape index (κ2) is 6.78. The zero-order valence-corrected chi connectivity index (χ0v) is 13.6. The van der Waals surface area contributed by atoms with Gasteiger partial charge in [0.05, 0.1) is 18.9 Å². The van der Waals surface area contributed by atoms with Crippen molar-refractivity contribution in [3.63, 3.8) is 0 Å². The summed E-state index contributed by atoms with van der Waals surface area (Å²) >= 11 is 5.27. The molecule has 1 aliphatic rings. The fourth-order valence-electron chi connectivity index (χ4n) is 2.59. The lowest BCUT2D eigenvalue weighted by molar-refractivity contribution is -0.137. The number of hydrogen-bond donors (Lipinski definition) is 1. The molecule has 2 aromatic carbocycles. The molecule has 0 amide bonds. The molecule has 1 heterocycles. The van der Waals surface area contributed by atoms with Gasteiger partial charge in [-0.1, -0.05) is 36.4 Å². The standard InChI is InChI=1S/C17H16F3N3S/c18-17(19,20)14-7-4-8-15(9-14)23-12-22(11-21-16(23)24)10-13-5-2-1-3-6-13/h1-9H,10-12H2,(H,21,24). The summed E-state index contributed by atoms with van der Waals surface area (Å²) in [6.07, 6.45) is -4.37. The molecular weight excluding hydrogens is 335 g/mol. The van der Waals surface area contributed by atoms with Crippen LogP contribution in [0.25, 0.3) is 0 Å². The third-order valence-corrected chi connectivity index (χ3v) is 4.14. The third kappa shape index (κ3) is 3.85. The molecule has 3 rings (SSSR count). The van der Waals surface area contributed by atoms with Gasteiger partial charge in [-0.25, -0.2) is 0 Å². The van der Waals surface area contributed by atoms with Crippen LogP contribution >= 0.6 is 12.2 Å². The van der Waals surface area contributed by atoms with Crippen LogP contribution in [-0.2, 0) is 12.7 Å². The van der Waals surface area contributed by atoms with E-state index in [0.717, 1.165) is 17.7 Å². The van der Waals surface area contributed by atoms with Crippen LogP contribution in [0.2, 0.25) is 0 Å². The molecule has 1 saturated heterocycles. The van der Waals surface area contributed by atoms with Crippen LogP contribution in [0.15, 0.2) is 54.6 Å². The van der Waals surface area contributed by atoms with E-state index in [1.54, 1.807) is 11.0 Å². The van der Waals surface area contributed by atoms with Crippen molar-refractivity contribution < 1.29 is 13.2 Å². The molecule has 1 aliphatic heterocycles. The lowest BCUT2D eigenvalue weighted by atomic mass is 10.2. The van der Waals surface area contributed by atoms with E-state index >= 15 is 0 Å². The summed E-state index contributed by atoms with van der Waals surface area (Å²) in [5.41, 5.74) is 0.888. The zero-order valence-electron chi connectivity index (χ0n) is 12.8. The number of rotatable bonds is 3. The normalized spacial score (nSPS) is 16.1. The first kappa shape index (κ1) is 16.7. The van der Waals surface area contributed by atoms with Gasteiger partial charge < -0.3 is 10.2 Å². The topological polar surface area (TPSA) is 18.5 Å². The number of halogens is 3. The summed E-state index contributed by atoms with van der Waals surface area (Å²) < 4.78 is 38.8. The van der Waals surface area contributed by atoms with Crippen LogP contribution < -0.4 is 10.2 Å². The molecule has 0 atom stereocenters. The van der Waals surface area contributed by atoms with E-state index in [-0.39, 0.29) is 0 Å². The maximum Gasteiger partial charge on any atom is 0.416 e. The number of alkyl halides is 3. The third-order valence-electron chi connectivity index (χ3n) is 3.77. The van der Waals surface area contributed by atoms with Gasteiger partial charge in [-0.05, 0) is 36.0 Å². The largest absolute Gasteiger partial charge is 0.416 e. The van der Waals surface area contributed by atoms with Crippen LogP contribution in [0.4, 0.5) is 18.9 Å². The lowest BCUT2D eigenvalue weighted by Crippen LogP contribution is -2.55. The predicted molar refractivity (Wildman–Crippen MR) is 91.4 cm³/mol. The number of nitrogens with zero attached hydrogens (tertiary/aromatic N) is 2. The predicted octanol–water partition coefficient (Wildman–Crippen LogP) is 3.82. The van der Waals surface area contributed by atoms with Gasteiger partial charge in [0.25, 0.3) is 0 Å². The molecule has 3 nitrogen and oxygen atoms in total. The highest BCUT2D eigenvalue weighted by atomic mass is 32.1. The van der Waals surface area contributed by atoms with E-state index in [2.05, 4.69) is 10.2 Å². The molecule has 0 aliphatic carbocycles.